The molecule has 4 N–H and O–H groups in total. The van der Waals surface area contributed by atoms with Crippen molar-refractivity contribution in [3.8, 4) is 0 Å². The smallest absolute Gasteiger partial charge is 0.271 e. The predicted octanol–water partition coefficient (Wildman–Crippen LogP) is 3.28. The second-order valence-corrected chi connectivity index (χ2v) is 8.55. The zero-order valence-electron chi connectivity index (χ0n) is 12.5. The van der Waals surface area contributed by atoms with Crippen molar-refractivity contribution >= 4 is 55.2 Å². The van der Waals surface area contributed by atoms with Crippen LogP contribution in [0.4, 0.5) is 5.69 Å². The Morgan fingerprint density at radius 1 is 1.30 bits per heavy atom. The van der Waals surface area contributed by atoms with Gasteiger partial charge in [0.2, 0.25) is 0 Å². The molecular weight excluding hydrogens is 350 g/mol. The van der Waals surface area contributed by atoms with Crippen molar-refractivity contribution in [3.63, 3.8) is 0 Å². The van der Waals surface area contributed by atoms with Crippen LogP contribution in [0, 0.1) is 13.8 Å². The number of nitrogens with two attached hydrogens (primary N) is 1. The maximum absolute atomic E-state index is 12.6. The van der Waals surface area contributed by atoms with Gasteiger partial charge in [-0.3, -0.25) is 4.72 Å². The Labute approximate surface area is 143 Å². The van der Waals surface area contributed by atoms with Crippen LogP contribution in [0.25, 0.3) is 10.9 Å². The molecule has 0 spiro atoms. The number of anilines is 1. The Hall–Kier alpha value is -1.90. The molecule has 0 radical (unpaired) electrons. The summed E-state index contributed by atoms with van der Waals surface area (Å²) in [5.74, 6) is 0. The maximum Gasteiger partial charge on any atom is 0.271 e. The topological polar surface area (TPSA) is 88.0 Å². The molecule has 0 unspecified atom stereocenters. The predicted molar refractivity (Wildman–Crippen MR) is 98.8 cm³/mol. The number of H-pyrrole nitrogens is 1. The third-order valence-electron chi connectivity index (χ3n) is 3.44. The lowest BCUT2D eigenvalue weighted by Crippen LogP contribution is -2.13. The molecule has 0 saturated carbocycles. The molecule has 23 heavy (non-hydrogen) atoms. The zero-order valence-corrected chi connectivity index (χ0v) is 15.0. The van der Waals surface area contributed by atoms with Gasteiger partial charge in [0.05, 0.1) is 16.9 Å². The minimum atomic E-state index is -3.64. The highest BCUT2D eigenvalue weighted by molar-refractivity contribution is 7.94. The van der Waals surface area contributed by atoms with E-state index in [1.165, 1.54) is 11.3 Å². The van der Waals surface area contributed by atoms with Crippen LogP contribution < -0.4 is 10.5 Å². The summed E-state index contributed by atoms with van der Waals surface area (Å²) in [6.07, 6.45) is 0. The fraction of sp³-hybridized carbons (Fsp3) is 0.133. The van der Waals surface area contributed by atoms with Gasteiger partial charge in [-0.1, -0.05) is 12.2 Å². The Bertz CT molecular complexity index is 1020. The van der Waals surface area contributed by atoms with Gasteiger partial charge in [0.1, 0.15) is 9.20 Å². The minimum absolute atomic E-state index is 0.238. The van der Waals surface area contributed by atoms with Crippen molar-refractivity contribution in [1.29, 1.82) is 0 Å². The van der Waals surface area contributed by atoms with E-state index in [2.05, 4.69) is 9.71 Å². The van der Waals surface area contributed by atoms with Crippen LogP contribution >= 0.6 is 23.6 Å². The van der Waals surface area contributed by atoms with Gasteiger partial charge in [-0.2, -0.15) is 0 Å². The summed E-state index contributed by atoms with van der Waals surface area (Å²) in [6.45, 7) is 3.68. The van der Waals surface area contributed by atoms with Gasteiger partial charge in [0.15, 0.2) is 0 Å². The molecule has 3 aromatic rings. The second kappa shape index (κ2) is 5.63. The lowest BCUT2D eigenvalue weighted by atomic mass is 10.1. The fourth-order valence-corrected chi connectivity index (χ4v) is 5.03. The highest BCUT2D eigenvalue weighted by Crippen LogP contribution is 2.30. The average Bonchev–Trinajstić information content (AvgIpc) is 3.04. The molecule has 0 aliphatic carbocycles. The maximum atomic E-state index is 12.6. The van der Waals surface area contributed by atoms with E-state index in [4.69, 9.17) is 18.0 Å². The van der Waals surface area contributed by atoms with E-state index in [1.54, 1.807) is 24.4 Å². The third kappa shape index (κ3) is 2.97. The molecule has 0 fully saturated rings. The average molecular weight is 366 g/mol. The standard InChI is InChI=1S/C15H15N3O2S3/c1-8-5-10-7-12(14(16)21)17-13(10)11(6-8)18-23(19,20)15-9(2)3-4-22-15/h3-7,17-18H,1-2H3,(H2,16,21). The lowest BCUT2D eigenvalue weighted by molar-refractivity contribution is 0.603. The normalized spacial score (nSPS) is 11.7. The number of rotatable bonds is 4. The van der Waals surface area contributed by atoms with E-state index in [0.29, 0.717) is 21.1 Å². The molecule has 8 heteroatoms. The van der Waals surface area contributed by atoms with Gasteiger partial charge in [-0.05, 0) is 54.6 Å². The lowest BCUT2D eigenvalue weighted by Gasteiger charge is -2.09. The van der Waals surface area contributed by atoms with Crippen LogP contribution in [0.15, 0.2) is 33.9 Å². The Kier molecular flexibility index (Phi) is 3.91. The molecule has 1 aromatic carbocycles. The first-order valence-corrected chi connectivity index (χ1v) is 9.55. The largest absolute Gasteiger partial charge is 0.388 e. The first-order chi connectivity index (χ1) is 10.8. The molecule has 0 bridgehead atoms. The van der Waals surface area contributed by atoms with Crippen LogP contribution in [0.3, 0.4) is 0 Å². The number of fused-ring (bicyclic) bond motifs is 1. The molecule has 0 amide bonds. The van der Waals surface area contributed by atoms with Gasteiger partial charge >= 0.3 is 0 Å². The molecule has 2 aromatic heterocycles. The van der Waals surface area contributed by atoms with Crippen LogP contribution in [-0.4, -0.2) is 18.4 Å². The number of aromatic nitrogens is 1. The van der Waals surface area contributed by atoms with Crippen molar-refractivity contribution in [3.05, 3.63) is 46.5 Å². The quantitative estimate of drug-likeness (QED) is 0.619. The van der Waals surface area contributed by atoms with E-state index in [1.807, 2.05) is 19.1 Å². The van der Waals surface area contributed by atoms with Gasteiger partial charge in [-0.25, -0.2) is 8.42 Å². The molecule has 120 valence electrons. The summed E-state index contributed by atoms with van der Waals surface area (Å²) >= 11 is 6.17. The SMILES string of the molecule is Cc1cc(NS(=O)(=O)c2sccc2C)c2[nH]c(C(N)=S)cc2c1. The molecule has 0 atom stereocenters. The van der Waals surface area contributed by atoms with Crippen LogP contribution in [-0.2, 0) is 10.0 Å². The minimum Gasteiger partial charge on any atom is -0.388 e. The van der Waals surface area contributed by atoms with E-state index in [-0.39, 0.29) is 4.99 Å². The van der Waals surface area contributed by atoms with Crippen molar-refractivity contribution in [2.45, 2.75) is 18.1 Å². The number of aryl methyl sites for hydroxylation is 2. The number of thiocarbonyl (C=S) groups is 1. The monoisotopic (exact) mass is 365 g/mol. The van der Waals surface area contributed by atoms with Crippen molar-refractivity contribution in [1.82, 2.24) is 4.98 Å². The van der Waals surface area contributed by atoms with Gasteiger partial charge in [0, 0.05) is 5.39 Å². The van der Waals surface area contributed by atoms with Gasteiger partial charge in [-0.15, -0.1) is 11.3 Å². The van der Waals surface area contributed by atoms with E-state index < -0.39 is 10.0 Å². The molecule has 0 aliphatic heterocycles. The number of sulfonamides is 1. The molecule has 0 aliphatic rings. The number of benzene rings is 1. The zero-order chi connectivity index (χ0) is 16.8. The van der Waals surface area contributed by atoms with E-state index in [0.717, 1.165) is 16.5 Å². The highest BCUT2D eigenvalue weighted by atomic mass is 32.2. The molecule has 0 saturated heterocycles. The molecule has 2 heterocycles. The summed E-state index contributed by atoms with van der Waals surface area (Å²) < 4.78 is 28.2. The van der Waals surface area contributed by atoms with Crippen LogP contribution in [0.2, 0.25) is 0 Å². The Morgan fingerprint density at radius 3 is 2.65 bits per heavy atom. The molecule has 5 nitrogen and oxygen atoms in total. The van der Waals surface area contributed by atoms with Crippen molar-refractivity contribution in [2.75, 3.05) is 4.72 Å². The van der Waals surface area contributed by atoms with Gasteiger partial charge in [0.25, 0.3) is 10.0 Å². The number of hydrogen-bond acceptors (Lipinski definition) is 4. The first-order valence-electron chi connectivity index (χ1n) is 6.78. The second-order valence-electron chi connectivity index (χ2n) is 5.32. The van der Waals surface area contributed by atoms with Crippen molar-refractivity contribution < 1.29 is 8.42 Å². The Morgan fingerprint density at radius 2 is 2.04 bits per heavy atom. The number of aromatic amines is 1. The number of hydrogen-bond donors (Lipinski definition) is 3. The summed E-state index contributed by atoms with van der Waals surface area (Å²) in [7, 11) is -3.64. The summed E-state index contributed by atoms with van der Waals surface area (Å²) in [5.41, 5.74) is 9.06. The van der Waals surface area contributed by atoms with Crippen LogP contribution in [0.1, 0.15) is 16.8 Å². The Balaban J connectivity index is 2.13. The summed E-state index contributed by atoms with van der Waals surface area (Å²) in [6, 6.07) is 7.33. The van der Waals surface area contributed by atoms with Crippen LogP contribution in [0.5, 0.6) is 0 Å². The summed E-state index contributed by atoms with van der Waals surface area (Å²) in [5, 5.41) is 2.61. The highest BCUT2D eigenvalue weighted by Gasteiger charge is 2.20. The van der Waals surface area contributed by atoms with Crippen molar-refractivity contribution in [2.24, 2.45) is 5.73 Å². The number of thiophene rings is 1. The fourth-order valence-electron chi connectivity index (χ4n) is 2.43. The van der Waals surface area contributed by atoms with E-state index in [9.17, 15) is 8.42 Å². The van der Waals surface area contributed by atoms with Gasteiger partial charge < -0.3 is 10.7 Å². The molecular formula is C15H15N3O2S3. The third-order valence-corrected chi connectivity index (χ3v) is 6.72. The molecule has 3 rings (SSSR count). The number of nitrogens with one attached hydrogen (secondary N) is 2. The summed E-state index contributed by atoms with van der Waals surface area (Å²) in [4.78, 5) is 3.32. The van der Waals surface area contributed by atoms with E-state index >= 15 is 0 Å². The first kappa shape index (κ1) is 16.0.